The van der Waals surface area contributed by atoms with E-state index >= 15 is 0 Å². The summed E-state index contributed by atoms with van der Waals surface area (Å²) >= 11 is 0. The summed E-state index contributed by atoms with van der Waals surface area (Å²) in [6.45, 7) is 3.18. The minimum Gasteiger partial charge on any atom is -0.391 e. The van der Waals surface area contributed by atoms with Gasteiger partial charge in [-0.05, 0) is 25.0 Å². The first-order valence-electron chi connectivity index (χ1n) is 9.01. The van der Waals surface area contributed by atoms with Crippen molar-refractivity contribution in [3.63, 3.8) is 0 Å². The van der Waals surface area contributed by atoms with Crippen molar-refractivity contribution in [1.82, 2.24) is 14.8 Å². The van der Waals surface area contributed by atoms with Crippen molar-refractivity contribution in [2.75, 3.05) is 26.2 Å². The van der Waals surface area contributed by atoms with Gasteiger partial charge in [-0.1, -0.05) is 31.0 Å². The van der Waals surface area contributed by atoms with Crippen LogP contribution in [-0.4, -0.2) is 64.1 Å². The summed E-state index contributed by atoms with van der Waals surface area (Å²) in [4.78, 5) is 20.3. The van der Waals surface area contributed by atoms with Crippen LogP contribution in [0.25, 0.3) is 10.9 Å². The highest BCUT2D eigenvalue weighted by Gasteiger charge is 2.32. The Morgan fingerprint density at radius 3 is 2.58 bits per heavy atom. The van der Waals surface area contributed by atoms with E-state index in [0.717, 1.165) is 56.3 Å². The van der Waals surface area contributed by atoms with Crippen LogP contribution in [0.1, 0.15) is 36.2 Å². The van der Waals surface area contributed by atoms with E-state index in [4.69, 9.17) is 0 Å². The molecule has 2 aliphatic rings. The molecule has 24 heavy (non-hydrogen) atoms. The number of H-pyrrole nitrogens is 1. The van der Waals surface area contributed by atoms with Gasteiger partial charge in [0.15, 0.2) is 0 Å². The first-order valence-corrected chi connectivity index (χ1v) is 9.01. The molecular formula is C19H25N3O2. The number of aliphatic hydroxyl groups excluding tert-OH is 1. The SMILES string of the molecule is O=C(c1cc2ccccc2[nH]1)N1CCN(C2CCCCC2O)CC1. The van der Waals surface area contributed by atoms with Crippen molar-refractivity contribution < 1.29 is 9.90 Å². The number of aromatic amines is 1. The summed E-state index contributed by atoms with van der Waals surface area (Å²) < 4.78 is 0. The number of aromatic nitrogens is 1. The first kappa shape index (κ1) is 15.7. The van der Waals surface area contributed by atoms with Crippen molar-refractivity contribution in [3.8, 4) is 0 Å². The van der Waals surface area contributed by atoms with Crippen LogP contribution in [0.2, 0.25) is 0 Å². The van der Waals surface area contributed by atoms with Crippen LogP contribution >= 0.6 is 0 Å². The summed E-state index contributed by atoms with van der Waals surface area (Å²) in [7, 11) is 0. The highest BCUT2D eigenvalue weighted by Crippen LogP contribution is 2.24. The van der Waals surface area contributed by atoms with Gasteiger partial charge in [0.25, 0.3) is 5.91 Å². The number of fused-ring (bicyclic) bond motifs is 1. The second-order valence-electron chi connectivity index (χ2n) is 7.02. The number of rotatable bonds is 2. The molecule has 1 aliphatic carbocycles. The molecule has 2 aromatic rings. The molecule has 1 amide bonds. The van der Waals surface area contributed by atoms with Crippen LogP contribution < -0.4 is 0 Å². The Kier molecular flexibility index (Phi) is 4.29. The van der Waals surface area contributed by atoms with E-state index in [1.807, 2.05) is 35.2 Å². The Bertz CT molecular complexity index is 685. The van der Waals surface area contributed by atoms with Gasteiger partial charge in [0.1, 0.15) is 5.69 Å². The lowest BCUT2D eigenvalue weighted by atomic mass is 9.91. The van der Waals surface area contributed by atoms with Crippen LogP contribution in [0.15, 0.2) is 30.3 Å². The number of benzene rings is 1. The number of amides is 1. The molecule has 0 radical (unpaired) electrons. The second kappa shape index (κ2) is 6.57. The molecule has 2 N–H and O–H groups in total. The fraction of sp³-hybridized carbons (Fsp3) is 0.526. The Labute approximate surface area is 142 Å². The normalized spacial score (nSPS) is 26.0. The lowest BCUT2D eigenvalue weighted by molar-refractivity contribution is -0.00181. The van der Waals surface area contributed by atoms with E-state index in [9.17, 15) is 9.90 Å². The van der Waals surface area contributed by atoms with Gasteiger partial charge < -0.3 is 15.0 Å². The lowest BCUT2D eigenvalue weighted by Crippen LogP contribution is -2.55. The van der Waals surface area contributed by atoms with Gasteiger partial charge >= 0.3 is 0 Å². The van der Waals surface area contributed by atoms with Gasteiger partial charge in [-0.2, -0.15) is 0 Å². The summed E-state index contributed by atoms with van der Waals surface area (Å²) in [5, 5.41) is 11.3. The molecule has 4 rings (SSSR count). The Morgan fingerprint density at radius 2 is 1.83 bits per heavy atom. The number of hydrogen-bond acceptors (Lipinski definition) is 3. The van der Waals surface area contributed by atoms with Crippen molar-refractivity contribution in [3.05, 3.63) is 36.0 Å². The van der Waals surface area contributed by atoms with Crippen LogP contribution in [0.5, 0.6) is 0 Å². The van der Waals surface area contributed by atoms with E-state index in [-0.39, 0.29) is 18.1 Å². The molecule has 5 heteroatoms. The zero-order valence-electron chi connectivity index (χ0n) is 13.9. The van der Waals surface area contributed by atoms with Gasteiger partial charge in [0.2, 0.25) is 0 Å². The standard InChI is InChI=1S/C19H25N3O2/c23-18-8-4-3-7-17(18)21-9-11-22(12-10-21)19(24)16-13-14-5-1-2-6-15(14)20-16/h1-2,5-6,13,17-18,20,23H,3-4,7-12H2. The average molecular weight is 327 g/mol. The third-order valence-corrected chi connectivity index (χ3v) is 5.52. The van der Waals surface area contributed by atoms with Crippen LogP contribution in [-0.2, 0) is 0 Å². The quantitative estimate of drug-likeness (QED) is 0.889. The Balaban J connectivity index is 1.40. The predicted molar refractivity (Wildman–Crippen MR) is 94.0 cm³/mol. The zero-order valence-corrected chi connectivity index (χ0v) is 13.9. The summed E-state index contributed by atoms with van der Waals surface area (Å²) in [5.74, 6) is 0.0787. The van der Waals surface area contributed by atoms with Crippen molar-refractivity contribution in [1.29, 1.82) is 0 Å². The molecule has 5 nitrogen and oxygen atoms in total. The average Bonchev–Trinajstić information content (AvgIpc) is 3.06. The minimum atomic E-state index is -0.199. The van der Waals surface area contributed by atoms with Crippen LogP contribution in [0, 0.1) is 0 Å². The highest BCUT2D eigenvalue weighted by atomic mass is 16.3. The highest BCUT2D eigenvalue weighted by molar-refractivity contribution is 5.98. The number of nitrogens with one attached hydrogen (secondary N) is 1. The molecule has 1 saturated carbocycles. The van der Waals surface area contributed by atoms with E-state index in [1.165, 1.54) is 6.42 Å². The minimum absolute atomic E-state index is 0.0787. The molecule has 2 heterocycles. The molecule has 2 fully saturated rings. The fourth-order valence-electron chi connectivity index (χ4n) is 4.13. The molecule has 1 aromatic carbocycles. The molecule has 0 spiro atoms. The first-order chi connectivity index (χ1) is 11.7. The Morgan fingerprint density at radius 1 is 1.08 bits per heavy atom. The molecule has 128 valence electrons. The zero-order chi connectivity index (χ0) is 16.5. The second-order valence-corrected chi connectivity index (χ2v) is 7.02. The number of piperazine rings is 1. The lowest BCUT2D eigenvalue weighted by Gasteiger charge is -2.42. The molecule has 1 saturated heterocycles. The number of aliphatic hydroxyl groups is 1. The third kappa shape index (κ3) is 2.94. The van der Waals surface area contributed by atoms with Gasteiger partial charge in [-0.25, -0.2) is 0 Å². The predicted octanol–water partition coefficient (Wildman–Crippen LogP) is 2.23. The maximum absolute atomic E-state index is 12.7. The molecule has 0 bridgehead atoms. The van der Waals surface area contributed by atoms with Crippen molar-refractivity contribution in [2.24, 2.45) is 0 Å². The van der Waals surface area contributed by atoms with Gasteiger partial charge in [-0.3, -0.25) is 9.69 Å². The molecule has 2 unspecified atom stereocenters. The largest absolute Gasteiger partial charge is 0.391 e. The van der Waals surface area contributed by atoms with Crippen molar-refractivity contribution >= 4 is 16.8 Å². The number of para-hydroxylation sites is 1. The molecule has 2 atom stereocenters. The summed E-state index contributed by atoms with van der Waals surface area (Å²) in [6, 6.07) is 10.2. The topological polar surface area (TPSA) is 59.6 Å². The van der Waals surface area contributed by atoms with E-state index in [2.05, 4.69) is 9.88 Å². The van der Waals surface area contributed by atoms with Crippen LogP contribution in [0.4, 0.5) is 0 Å². The van der Waals surface area contributed by atoms with Gasteiger partial charge in [-0.15, -0.1) is 0 Å². The number of hydrogen-bond donors (Lipinski definition) is 2. The molecule has 1 aliphatic heterocycles. The number of nitrogens with zero attached hydrogens (tertiary/aromatic N) is 2. The fourth-order valence-corrected chi connectivity index (χ4v) is 4.13. The van der Waals surface area contributed by atoms with E-state index in [0.29, 0.717) is 5.69 Å². The molecular weight excluding hydrogens is 302 g/mol. The van der Waals surface area contributed by atoms with E-state index < -0.39 is 0 Å². The maximum atomic E-state index is 12.7. The number of carbonyl (C=O) groups is 1. The van der Waals surface area contributed by atoms with Gasteiger partial charge in [0, 0.05) is 43.1 Å². The van der Waals surface area contributed by atoms with Gasteiger partial charge in [0.05, 0.1) is 6.10 Å². The Hall–Kier alpha value is -1.85. The van der Waals surface area contributed by atoms with Crippen LogP contribution in [0.3, 0.4) is 0 Å². The third-order valence-electron chi connectivity index (χ3n) is 5.52. The smallest absolute Gasteiger partial charge is 0.270 e. The summed E-state index contributed by atoms with van der Waals surface area (Å²) in [6.07, 6.45) is 4.14. The maximum Gasteiger partial charge on any atom is 0.270 e. The van der Waals surface area contributed by atoms with Crippen molar-refractivity contribution in [2.45, 2.75) is 37.8 Å². The monoisotopic (exact) mass is 327 g/mol. The number of carbonyl (C=O) groups excluding carboxylic acids is 1. The molecule has 1 aromatic heterocycles. The van der Waals surface area contributed by atoms with E-state index in [1.54, 1.807) is 0 Å². The summed E-state index contributed by atoms with van der Waals surface area (Å²) in [5.41, 5.74) is 1.67.